The first-order chi connectivity index (χ1) is 11.3. The molecule has 0 aliphatic carbocycles. The molecule has 3 heterocycles. The molecule has 24 heavy (non-hydrogen) atoms. The summed E-state index contributed by atoms with van der Waals surface area (Å²) in [7, 11) is 6.91. The normalized spacial score (nSPS) is 37.2. The fourth-order valence-electron chi connectivity index (χ4n) is 2.72. The Balaban J connectivity index is 2.17. The molecule has 14 heteroatoms. The smallest absolute Gasteiger partial charge is 0.247 e. The van der Waals surface area contributed by atoms with Crippen molar-refractivity contribution in [1.82, 2.24) is 27.2 Å². The van der Waals surface area contributed by atoms with E-state index >= 15 is 0 Å². The van der Waals surface area contributed by atoms with Gasteiger partial charge in [-0.2, -0.15) is 0 Å². The largest absolute Gasteiger partial charge is 0.410 e. The van der Waals surface area contributed by atoms with E-state index in [9.17, 15) is 0 Å². The van der Waals surface area contributed by atoms with Crippen LogP contribution in [-0.4, -0.2) is 82.8 Å². The second kappa shape index (κ2) is 7.94. The molecular formula is C10H28N7P3S4+2. The maximum atomic E-state index is 5.61. The van der Waals surface area contributed by atoms with Gasteiger partial charge in [0.2, 0.25) is 6.56 Å². The van der Waals surface area contributed by atoms with Gasteiger partial charge in [-0.1, -0.05) is 24.4 Å². The van der Waals surface area contributed by atoms with Gasteiger partial charge < -0.3 is 0 Å². The Morgan fingerprint density at radius 1 is 1.12 bits per heavy atom. The van der Waals surface area contributed by atoms with Gasteiger partial charge in [-0.05, 0) is 48.0 Å². The molecule has 0 aromatic rings. The molecule has 140 valence electrons. The zero-order chi connectivity index (χ0) is 17.6. The molecule has 2 unspecified atom stereocenters. The van der Waals surface area contributed by atoms with Crippen molar-refractivity contribution in [3.8, 4) is 0 Å². The molecule has 0 aromatic carbocycles. The van der Waals surface area contributed by atoms with Gasteiger partial charge in [-0.15, -0.1) is 4.67 Å². The Labute approximate surface area is 164 Å². The van der Waals surface area contributed by atoms with E-state index in [2.05, 4.69) is 90.7 Å². The van der Waals surface area contributed by atoms with Crippen LogP contribution in [0.5, 0.6) is 0 Å². The maximum absolute atomic E-state index is 5.61. The number of hydrogen-bond acceptors (Lipinski definition) is 11. The fourth-order valence-corrected chi connectivity index (χ4v) is 30.8. The summed E-state index contributed by atoms with van der Waals surface area (Å²) in [6.07, 6.45) is 4.31. The SMILES string of the molecule is CSN(C)[P+]1(N(C)SC)N=P2(N[P+]3(N1)SCCN3C)SCCN2C. The molecular weight excluding hydrogens is 439 g/mol. The minimum Gasteiger partial charge on any atom is -0.247 e. The lowest BCUT2D eigenvalue weighted by Crippen LogP contribution is -2.42. The molecule has 7 nitrogen and oxygen atoms in total. The van der Waals surface area contributed by atoms with Gasteiger partial charge in [-0.3, -0.25) is 0 Å². The summed E-state index contributed by atoms with van der Waals surface area (Å²) >= 11 is 7.72. The summed E-state index contributed by atoms with van der Waals surface area (Å²) < 4.78 is 15.4. The van der Waals surface area contributed by atoms with Crippen LogP contribution in [-0.2, 0) is 0 Å². The van der Waals surface area contributed by atoms with Crippen LogP contribution >= 0.6 is 68.0 Å². The lowest BCUT2D eigenvalue weighted by molar-refractivity contribution is 0.573. The zero-order valence-electron chi connectivity index (χ0n) is 15.0. The summed E-state index contributed by atoms with van der Waals surface area (Å²) in [4.78, 5) is 8.19. The van der Waals surface area contributed by atoms with Gasteiger partial charge in [0.05, 0.1) is 17.1 Å². The highest BCUT2D eigenvalue weighted by Crippen LogP contribution is 2.91. The molecule has 2 atom stereocenters. The van der Waals surface area contributed by atoms with Crippen molar-refractivity contribution in [1.29, 1.82) is 0 Å². The summed E-state index contributed by atoms with van der Waals surface area (Å²) in [6, 6.07) is 0. The Kier molecular flexibility index (Phi) is 6.94. The van der Waals surface area contributed by atoms with Gasteiger partial charge in [0.1, 0.15) is 0 Å². The molecule has 0 saturated carbocycles. The first-order valence-electron chi connectivity index (χ1n) is 7.64. The van der Waals surface area contributed by atoms with E-state index in [1.54, 1.807) is 23.9 Å². The quantitative estimate of drug-likeness (QED) is 0.463. The van der Waals surface area contributed by atoms with Crippen molar-refractivity contribution in [3.05, 3.63) is 0 Å². The molecule has 2 fully saturated rings. The maximum Gasteiger partial charge on any atom is 0.410 e. The summed E-state index contributed by atoms with van der Waals surface area (Å²) in [6.45, 7) is -1.15. The first kappa shape index (κ1) is 21.0. The topological polar surface area (TPSA) is 49.4 Å². The summed E-state index contributed by atoms with van der Waals surface area (Å²) in [5, 5.41) is 0. The van der Waals surface area contributed by atoms with Gasteiger partial charge >= 0.3 is 14.8 Å². The van der Waals surface area contributed by atoms with E-state index in [4.69, 9.17) is 4.52 Å². The third-order valence-electron chi connectivity index (χ3n) is 4.42. The molecule has 0 bridgehead atoms. The van der Waals surface area contributed by atoms with E-state index in [1.165, 1.54) is 11.5 Å². The van der Waals surface area contributed by atoms with E-state index in [1.807, 2.05) is 0 Å². The molecule has 3 rings (SSSR count). The lowest BCUT2D eigenvalue weighted by atomic mass is 10.8. The molecule has 0 aromatic heterocycles. The number of hydrogen-bond donors (Lipinski definition) is 2. The Morgan fingerprint density at radius 2 is 1.79 bits per heavy atom. The molecule has 2 N–H and O–H groups in total. The lowest BCUT2D eigenvalue weighted by Gasteiger charge is -2.42. The number of nitrogens with one attached hydrogen (secondary N) is 2. The molecule has 0 radical (unpaired) electrons. The van der Waals surface area contributed by atoms with Crippen LogP contribution in [0.2, 0.25) is 0 Å². The highest BCUT2D eigenvalue weighted by atomic mass is 32.8. The van der Waals surface area contributed by atoms with Gasteiger partial charge in [-0.25, -0.2) is 4.67 Å². The second-order valence-corrected chi connectivity index (χ2v) is 22.3. The molecule has 0 amide bonds. The number of rotatable bonds is 4. The van der Waals surface area contributed by atoms with E-state index in [0.29, 0.717) is 0 Å². The van der Waals surface area contributed by atoms with E-state index in [-0.39, 0.29) is 0 Å². The van der Waals surface area contributed by atoms with Crippen molar-refractivity contribution in [2.75, 3.05) is 65.3 Å². The van der Waals surface area contributed by atoms with Crippen LogP contribution in [0.3, 0.4) is 0 Å². The van der Waals surface area contributed by atoms with Gasteiger partial charge in [0.15, 0.2) is 0 Å². The van der Waals surface area contributed by atoms with Crippen LogP contribution in [0, 0.1) is 0 Å². The second-order valence-electron chi connectivity index (χ2n) is 5.70. The average Bonchev–Trinajstić information content (AvgIpc) is 3.08. The Hall–Kier alpha value is 2.25. The molecule has 2 saturated heterocycles. The average molecular weight is 468 g/mol. The zero-order valence-corrected chi connectivity index (χ0v) is 21.0. The van der Waals surface area contributed by atoms with Crippen molar-refractivity contribution >= 4 is 68.0 Å². The minimum atomic E-state index is -2.00. The number of nitrogens with zero attached hydrogens (tertiary/aromatic N) is 5. The standard InChI is InChI=1S/C10H28N7P3S4/c1-14-7-9-23-19(14)11-18(16(3)21-5,17(4)22-6)12-20(13-19)15(2)8-10-24-20/h11,13H,7-10H2,1-6H3/q+2. The Morgan fingerprint density at radius 3 is 2.25 bits per heavy atom. The first-order valence-corrected chi connectivity index (χ1v) is 18.3. The van der Waals surface area contributed by atoms with Crippen LogP contribution in [0.15, 0.2) is 4.52 Å². The summed E-state index contributed by atoms with van der Waals surface area (Å²) in [5.41, 5.74) is 0. The van der Waals surface area contributed by atoms with E-state index < -0.39 is 21.3 Å². The third kappa shape index (κ3) is 3.38. The van der Waals surface area contributed by atoms with Crippen molar-refractivity contribution in [2.45, 2.75) is 0 Å². The summed E-state index contributed by atoms with van der Waals surface area (Å²) in [5.74, 6) is 2.35. The highest BCUT2D eigenvalue weighted by Gasteiger charge is 2.71. The van der Waals surface area contributed by atoms with E-state index in [0.717, 1.165) is 13.1 Å². The Bertz CT molecular complexity index is 533. The predicted octanol–water partition coefficient (Wildman–Crippen LogP) is 4.26. The predicted molar refractivity (Wildman–Crippen MR) is 122 cm³/mol. The van der Waals surface area contributed by atoms with Crippen molar-refractivity contribution in [3.63, 3.8) is 0 Å². The van der Waals surface area contributed by atoms with Crippen LogP contribution < -0.4 is 9.72 Å². The van der Waals surface area contributed by atoms with Crippen LogP contribution in [0.4, 0.5) is 0 Å². The molecule has 2 spiro atoms. The molecule has 3 aliphatic rings. The van der Waals surface area contributed by atoms with Gasteiger partial charge in [0, 0.05) is 44.8 Å². The van der Waals surface area contributed by atoms with Crippen molar-refractivity contribution < 1.29 is 0 Å². The highest BCUT2D eigenvalue weighted by molar-refractivity contribution is 8.67. The van der Waals surface area contributed by atoms with Crippen molar-refractivity contribution in [2.24, 2.45) is 4.52 Å². The van der Waals surface area contributed by atoms with Crippen LogP contribution in [0.25, 0.3) is 0 Å². The third-order valence-corrected chi connectivity index (χ3v) is 27.2. The monoisotopic (exact) mass is 467 g/mol. The fraction of sp³-hybridized carbons (Fsp3) is 1.00. The van der Waals surface area contributed by atoms with Crippen LogP contribution in [0.1, 0.15) is 0 Å². The minimum absolute atomic E-state index is 1.12. The molecule has 3 aliphatic heterocycles. The van der Waals surface area contributed by atoms with Gasteiger partial charge in [0.25, 0.3) is 0 Å².